The van der Waals surface area contributed by atoms with Gasteiger partial charge in [0, 0.05) is 17.0 Å². The van der Waals surface area contributed by atoms with Gasteiger partial charge in [-0.15, -0.1) is 0 Å². The third kappa shape index (κ3) is 2.85. The zero-order chi connectivity index (χ0) is 16.7. The molecule has 0 fully saturated rings. The highest BCUT2D eigenvalue weighted by Gasteiger charge is 2.20. The fraction of sp³-hybridized carbons (Fsp3) is 0.0625. The van der Waals surface area contributed by atoms with Crippen LogP contribution in [-0.4, -0.2) is 20.7 Å². The van der Waals surface area contributed by atoms with Crippen molar-refractivity contribution in [2.24, 2.45) is 0 Å². The normalized spacial score (nSPS) is 11.1. The van der Waals surface area contributed by atoms with Gasteiger partial charge in [-0.3, -0.25) is 0 Å². The zero-order valence-corrected chi connectivity index (χ0v) is 13.8. The van der Waals surface area contributed by atoms with Crippen LogP contribution in [-0.2, 0) is 6.54 Å². The van der Waals surface area contributed by atoms with Gasteiger partial charge in [0.05, 0.1) is 15.6 Å². The second-order valence-corrected chi connectivity index (χ2v) is 6.22. The predicted molar refractivity (Wildman–Crippen MR) is 91.1 cm³/mol. The number of rotatable bonds is 3. The molecule has 0 saturated heterocycles. The molecule has 0 saturated carbocycles. The molecule has 3 aromatic rings. The molecule has 0 aliphatic carbocycles. The van der Waals surface area contributed by atoms with Gasteiger partial charge in [0.2, 0.25) is 0 Å². The summed E-state index contributed by atoms with van der Waals surface area (Å²) in [7, 11) is 0. The summed E-state index contributed by atoms with van der Waals surface area (Å²) in [5.74, 6) is -1.36. The average Bonchev–Trinajstić information content (AvgIpc) is 2.86. The lowest BCUT2D eigenvalue weighted by atomic mass is 10.2. The van der Waals surface area contributed by atoms with E-state index in [0.717, 1.165) is 5.56 Å². The summed E-state index contributed by atoms with van der Waals surface area (Å²) in [4.78, 5) is 11.5. The second-order valence-electron chi connectivity index (χ2n) is 5.00. The number of aromatic nitrogens is 1. The Bertz CT molecular complexity index is 917. The molecule has 1 heterocycles. The lowest BCUT2D eigenvalue weighted by molar-refractivity contribution is 0.0686. The van der Waals surface area contributed by atoms with E-state index in [1.807, 2.05) is 12.1 Å². The van der Waals surface area contributed by atoms with Crippen molar-refractivity contribution >= 4 is 51.7 Å². The summed E-state index contributed by atoms with van der Waals surface area (Å²) in [5.41, 5.74) is 1.46. The smallest absolute Gasteiger partial charge is 0.352 e. The van der Waals surface area contributed by atoms with Gasteiger partial charge < -0.3 is 14.8 Å². The monoisotopic (exact) mass is 369 g/mol. The van der Waals surface area contributed by atoms with Crippen molar-refractivity contribution < 1.29 is 15.0 Å². The first-order valence-electron chi connectivity index (χ1n) is 6.56. The van der Waals surface area contributed by atoms with Crippen LogP contribution in [0.2, 0.25) is 15.1 Å². The molecule has 0 radical (unpaired) electrons. The first-order chi connectivity index (χ1) is 10.9. The van der Waals surface area contributed by atoms with Crippen LogP contribution < -0.4 is 0 Å². The van der Waals surface area contributed by atoms with Gasteiger partial charge in [-0.25, -0.2) is 4.79 Å². The highest BCUT2D eigenvalue weighted by atomic mass is 35.5. The summed E-state index contributed by atoms with van der Waals surface area (Å²) >= 11 is 17.9. The number of carboxylic acid groups (broad SMARTS) is 1. The SMILES string of the molecule is O=C(O)c1cc2c(Cl)c(O)c(Cl)cc2n1Cc1ccc(Cl)cc1. The Balaban J connectivity index is 2.22. The van der Waals surface area contributed by atoms with E-state index in [2.05, 4.69) is 0 Å². The van der Waals surface area contributed by atoms with E-state index in [1.54, 1.807) is 16.7 Å². The number of fused-ring (bicyclic) bond motifs is 1. The molecule has 0 bridgehead atoms. The highest BCUT2D eigenvalue weighted by Crippen LogP contribution is 2.39. The maximum atomic E-state index is 11.5. The predicted octanol–water partition coefficient (Wildman–Crippen LogP) is 5.05. The van der Waals surface area contributed by atoms with Crippen molar-refractivity contribution in [2.45, 2.75) is 6.54 Å². The third-order valence-electron chi connectivity index (χ3n) is 3.55. The third-order valence-corrected chi connectivity index (χ3v) is 4.47. The molecule has 23 heavy (non-hydrogen) atoms. The van der Waals surface area contributed by atoms with E-state index in [9.17, 15) is 15.0 Å². The minimum Gasteiger partial charge on any atom is -0.505 e. The number of carboxylic acids is 1. The number of aromatic carboxylic acids is 1. The Morgan fingerprint density at radius 2 is 1.74 bits per heavy atom. The number of carbonyl (C=O) groups is 1. The molecule has 4 nitrogen and oxygen atoms in total. The van der Waals surface area contributed by atoms with Crippen molar-refractivity contribution in [1.29, 1.82) is 0 Å². The molecule has 0 spiro atoms. The Morgan fingerprint density at radius 1 is 1.09 bits per heavy atom. The molecule has 2 N–H and O–H groups in total. The topological polar surface area (TPSA) is 62.5 Å². The van der Waals surface area contributed by atoms with Crippen LogP contribution in [0, 0.1) is 0 Å². The standard InChI is InChI=1S/C16H10Cl3NO3/c17-9-3-1-8(2-4-9)7-20-12-6-11(18)15(21)14(19)10(12)5-13(20)16(22)23/h1-6,21H,7H2,(H,22,23). The van der Waals surface area contributed by atoms with Crippen LogP contribution in [0.5, 0.6) is 5.75 Å². The lowest BCUT2D eigenvalue weighted by Gasteiger charge is -2.10. The molecule has 0 atom stereocenters. The van der Waals surface area contributed by atoms with Crippen molar-refractivity contribution in [1.82, 2.24) is 4.57 Å². The molecular formula is C16H10Cl3NO3. The Hall–Kier alpha value is -1.88. The van der Waals surface area contributed by atoms with Gasteiger partial charge in [-0.05, 0) is 29.8 Å². The number of nitrogens with zero attached hydrogens (tertiary/aromatic N) is 1. The van der Waals surface area contributed by atoms with E-state index in [4.69, 9.17) is 34.8 Å². The number of phenolic OH excluding ortho intramolecular Hbond substituents is 1. The van der Waals surface area contributed by atoms with Crippen molar-refractivity contribution in [3.05, 3.63) is 62.7 Å². The van der Waals surface area contributed by atoms with Gasteiger partial charge in [0.25, 0.3) is 0 Å². The Labute approximate surface area is 146 Å². The molecule has 0 amide bonds. The summed E-state index contributed by atoms with van der Waals surface area (Å²) in [6.45, 7) is 0.305. The minimum atomic E-state index is -1.10. The highest BCUT2D eigenvalue weighted by molar-refractivity contribution is 6.41. The fourth-order valence-electron chi connectivity index (χ4n) is 2.44. The molecule has 0 unspecified atom stereocenters. The first kappa shape index (κ1) is 16.0. The number of benzene rings is 2. The zero-order valence-electron chi connectivity index (χ0n) is 11.6. The fourth-order valence-corrected chi connectivity index (χ4v) is 3.06. The van der Waals surface area contributed by atoms with Crippen LogP contribution in [0.4, 0.5) is 0 Å². The molecule has 0 aliphatic heterocycles. The summed E-state index contributed by atoms with van der Waals surface area (Å²) in [6, 6.07) is 10.0. The number of hydrogen-bond donors (Lipinski definition) is 2. The average molecular weight is 371 g/mol. The largest absolute Gasteiger partial charge is 0.505 e. The van der Waals surface area contributed by atoms with E-state index in [0.29, 0.717) is 22.5 Å². The van der Waals surface area contributed by atoms with Gasteiger partial charge in [-0.2, -0.15) is 0 Å². The van der Waals surface area contributed by atoms with Crippen LogP contribution in [0.1, 0.15) is 16.1 Å². The van der Waals surface area contributed by atoms with Crippen LogP contribution in [0.15, 0.2) is 36.4 Å². The van der Waals surface area contributed by atoms with Crippen LogP contribution >= 0.6 is 34.8 Å². The van der Waals surface area contributed by atoms with Gasteiger partial charge in [0.1, 0.15) is 5.69 Å². The molecule has 118 valence electrons. The molecule has 3 rings (SSSR count). The van der Waals surface area contributed by atoms with Gasteiger partial charge in [0.15, 0.2) is 5.75 Å². The van der Waals surface area contributed by atoms with Crippen LogP contribution in [0.25, 0.3) is 10.9 Å². The lowest BCUT2D eigenvalue weighted by Crippen LogP contribution is -2.09. The quantitative estimate of drug-likeness (QED) is 0.678. The van der Waals surface area contributed by atoms with Gasteiger partial charge >= 0.3 is 5.97 Å². The second kappa shape index (κ2) is 5.96. The van der Waals surface area contributed by atoms with Crippen molar-refractivity contribution in [3.8, 4) is 5.75 Å². The maximum Gasteiger partial charge on any atom is 0.352 e. The van der Waals surface area contributed by atoms with E-state index < -0.39 is 5.97 Å². The number of hydrogen-bond acceptors (Lipinski definition) is 2. The molecular weight excluding hydrogens is 361 g/mol. The van der Waals surface area contributed by atoms with E-state index in [-0.39, 0.29) is 21.5 Å². The summed E-state index contributed by atoms with van der Waals surface area (Å²) < 4.78 is 1.58. The van der Waals surface area contributed by atoms with Crippen molar-refractivity contribution in [2.75, 3.05) is 0 Å². The Kier molecular flexibility index (Phi) is 4.15. The Morgan fingerprint density at radius 3 is 2.35 bits per heavy atom. The maximum absolute atomic E-state index is 11.5. The van der Waals surface area contributed by atoms with Crippen molar-refractivity contribution in [3.63, 3.8) is 0 Å². The summed E-state index contributed by atoms with van der Waals surface area (Å²) in [6.07, 6.45) is 0. The minimum absolute atomic E-state index is 0.0323. The number of aromatic hydroxyl groups is 1. The molecule has 2 aromatic carbocycles. The summed E-state index contributed by atoms with van der Waals surface area (Å²) in [5, 5.41) is 20.4. The molecule has 0 aliphatic rings. The van der Waals surface area contributed by atoms with Gasteiger partial charge in [-0.1, -0.05) is 46.9 Å². The van der Waals surface area contributed by atoms with Crippen LogP contribution in [0.3, 0.4) is 0 Å². The first-order valence-corrected chi connectivity index (χ1v) is 7.70. The van der Waals surface area contributed by atoms with E-state index >= 15 is 0 Å². The number of halogens is 3. The molecule has 1 aromatic heterocycles. The van der Waals surface area contributed by atoms with E-state index in [1.165, 1.54) is 12.1 Å². The molecule has 7 heteroatoms. The number of phenols is 1.